The van der Waals surface area contributed by atoms with E-state index in [-0.39, 0.29) is 24.0 Å². The number of halogens is 1. The highest BCUT2D eigenvalue weighted by Gasteiger charge is 2.10. The molecule has 8 heteroatoms. The molecule has 2 rings (SSSR count). The van der Waals surface area contributed by atoms with Crippen molar-refractivity contribution in [2.75, 3.05) is 12.8 Å². The summed E-state index contributed by atoms with van der Waals surface area (Å²) in [6, 6.07) is 7.45. The lowest BCUT2D eigenvalue weighted by Crippen LogP contribution is -2.36. The van der Waals surface area contributed by atoms with Gasteiger partial charge in [-0.15, -0.1) is 24.0 Å². The molecule has 0 saturated heterocycles. The Kier molecular flexibility index (Phi) is 8.87. The minimum atomic E-state index is -3.18. The first-order valence-corrected chi connectivity index (χ1v) is 10.6. The number of hydrogen-bond donors (Lipinski definition) is 2. The first-order valence-electron chi connectivity index (χ1n) is 7.73. The summed E-state index contributed by atoms with van der Waals surface area (Å²) < 4.78 is 23.3. The van der Waals surface area contributed by atoms with Crippen LogP contribution in [-0.4, -0.2) is 27.2 Å². The summed E-state index contributed by atoms with van der Waals surface area (Å²) in [6.07, 6.45) is 1.23. The van der Waals surface area contributed by atoms with Gasteiger partial charge in [0.25, 0.3) is 0 Å². The van der Waals surface area contributed by atoms with Gasteiger partial charge in [-0.25, -0.2) is 13.4 Å². The molecule has 0 aliphatic heterocycles. The largest absolute Gasteiger partial charge is 0.357 e. The second kappa shape index (κ2) is 10.1. The average Bonchev–Trinajstić information content (AvgIpc) is 3.02. The van der Waals surface area contributed by atoms with E-state index in [9.17, 15) is 8.42 Å². The quantitative estimate of drug-likeness (QED) is 0.368. The van der Waals surface area contributed by atoms with Crippen molar-refractivity contribution in [2.24, 2.45) is 4.99 Å². The molecule has 1 aromatic carbocycles. The van der Waals surface area contributed by atoms with Gasteiger partial charge in [0.15, 0.2) is 15.8 Å². The number of hydrogen-bond acceptors (Lipinski definition) is 4. The van der Waals surface area contributed by atoms with Crippen LogP contribution < -0.4 is 10.6 Å². The lowest BCUT2D eigenvalue weighted by molar-refractivity contribution is 0.601. The number of guanidine groups is 1. The first-order chi connectivity index (χ1) is 11.4. The van der Waals surface area contributed by atoms with E-state index in [1.54, 1.807) is 17.4 Å². The van der Waals surface area contributed by atoms with Crippen LogP contribution in [0.3, 0.4) is 0 Å². The van der Waals surface area contributed by atoms with E-state index < -0.39 is 9.84 Å². The third-order valence-corrected chi connectivity index (χ3v) is 5.43. The van der Waals surface area contributed by atoms with Gasteiger partial charge in [0.05, 0.1) is 11.4 Å². The van der Waals surface area contributed by atoms with Crippen LogP contribution >= 0.6 is 35.3 Å². The molecule has 1 heterocycles. The smallest absolute Gasteiger partial charge is 0.191 e. The Bertz CT molecular complexity index is 803. The molecule has 0 fully saturated rings. The maximum Gasteiger partial charge on any atom is 0.191 e. The van der Waals surface area contributed by atoms with Crippen LogP contribution in [0.4, 0.5) is 0 Å². The summed E-state index contributed by atoms with van der Waals surface area (Å²) >= 11 is 1.66. The predicted molar refractivity (Wildman–Crippen MR) is 116 cm³/mol. The highest BCUT2D eigenvalue weighted by atomic mass is 127. The molecule has 0 amide bonds. The molecule has 25 heavy (non-hydrogen) atoms. The fraction of sp³-hybridized carbons (Fsp3) is 0.353. The monoisotopic (exact) mass is 493 g/mol. The molecular weight excluding hydrogens is 469 g/mol. The van der Waals surface area contributed by atoms with E-state index in [1.807, 2.05) is 31.4 Å². The van der Waals surface area contributed by atoms with Crippen LogP contribution in [0.2, 0.25) is 0 Å². The van der Waals surface area contributed by atoms with Gasteiger partial charge >= 0.3 is 0 Å². The molecule has 0 saturated carbocycles. The number of aliphatic imine (C=N–C) groups is 1. The molecule has 0 aliphatic rings. The lowest BCUT2D eigenvalue weighted by Gasteiger charge is -2.12. The fourth-order valence-corrected chi connectivity index (χ4v) is 3.94. The van der Waals surface area contributed by atoms with Crippen molar-refractivity contribution in [3.05, 3.63) is 51.7 Å². The van der Waals surface area contributed by atoms with Gasteiger partial charge in [-0.3, -0.25) is 0 Å². The van der Waals surface area contributed by atoms with Gasteiger partial charge < -0.3 is 10.6 Å². The highest BCUT2D eigenvalue weighted by molar-refractivity contribution is 14.0. The van der Waals surface area contributed by atoms with Crippen LogP contribution in [0.1, 0.15) is 23.6 Å². The summed E-state index contributed by atoms with van der Waals surface area (Å²) in [4.78, 5) is 4.93. The van der Waals surface area contributed by atoms with Gasteiger partial charge in [-0.1, -0.05) is 12.1 Å². The number of benzene rings is 1. The Hall–Kier alpha value is -1.13. The maximum absolute atomic E-state index is 11.7. The standard InChI is InChI=1S/C17H23N3O2S2.HI/c1-4-18-17(20-11-15-7-8-23-12-15)19-10-14-5-6-16(13(2)9-14)24(3,21)22;/h5-9,12H,4,10-11H2,1-3H3,(H2,18,19,20);1H. The van der Waals surface area contributed by atoms with Crippen LogP contribution in [0.15, 0.2) is 44.9 Å². The van der Waals surface area contributed by atoms with E-state index in [1.165, 1.54) is 11.8 Å². The third kappa shape index (κ3) is 6.95. The summed E-state index contributed by atoms with van der Waals surface area (Å²) in [6.45, 7) is 5.83. The van der Waals surface area contributed by atoms with E-state index in [0.29, 0.717) is 18.0 Å². The Labute approximate surface area is 170 Å². The molecule has 1 aromatic heterocycles. The summed E-state index contributed by atoms with van der Waals surface area (Å²) in [5, 5.41) is 10.6. The van der Waals surface area contributed by atoms with Gasteiger partial charge in [-0.05, 0) is 53.4 Å². The van der Waals surface area contributed by atoms with E-state index >= 15 is 0 Å². The topological polar surface area (TPSA) is 70.6 Å². The van der Waals surface area contributed by atoms with Crippen molar-refractivity contribution in [1.82, 2.24) is 10.6 Å². The number of nitrogens with zero attached hydrogens (tertiary/aromatic N) is 1. The molecule has 0 radical (unpaired) electrons. The van der Waals surface area contributed by atoms with Crippen molar-refractivity contribution < 1.29 is 8.42 Å². The molecule has 2 aromatic rings. The van der Waals surface area contributed by atoms with E-state index in [2.05, 4.69) is 27.1 Å². The zero-order chi connectivity index (χ0) is 17.6. The number of aryl methyl sites for hydroxylation is 1. The minimum Gasteiger partial charge on any atom is -0.357 e. The number of thiophene rings is 1. The lowest BCUT2D eigenvalue weighted by atomic mass is 10.1. The minimum absolute atomic E-state index is 0. The van der Waals surface area contributed by atoms with Crippen LogP contribution in [0.25, 0.3) is 0 Å². The molecule has 138 valence electrons. The second-order valence-electron chi connectivity index (χ2n) is 5.55. The van der Waals surface area contributed by atoms with Crippen molar-refractivity contribution in [3.63, 3.8) is 0 Å². The fourth-order valence-electron chi connectivity index (χ4n) is 2.32. The number of nitrogens with one attached hydrogen (secondary N) is 2. The summed E-state index contributed by atoms with van der Waals surface area (Å²) in [5.74, 6) is 0.744. The molecule has 0 bridgehead atoms. The molecule has 5 nitrogen and oxygen atoms in total. The maximum atomic E-state index is 11.7. The SMILES string of the molecule is CCNC(=NCc1ccsc1)NCc1ccc(S(C)(=O)=O)c(C)c1.I. The van der Waals surface area contributed by atoms with Gasteiger partial charge in [0.1, 0.15) is 0 Å². The van der Waals surface area contributed by atoms with Crippen LogP contribution in [-0.2, 0) is 22.9 Å². The predicted octanol–water partition coefficient (Wildman–Crippen LogP) is 3.33. The first kappa shape index (κ1) is 21.9. The normalized spacial score (nSPS) is 11.7. The molecule has 0 spiro atoms. The van der Waals surface area contributed by atoms with Crippen LogP contribution in [0.5, 0.6) is 0 Å². The molecule has 0 aliphatic carbocycles. The summed E-state index contributed by atoms with van der Waals surface area (Å²) in [5.41, 5.74) is 2.96. The number of rotatable bonds is 6. The van der Waals surface area contributed by atoms with Crippen molar-refractivity contribution >= 4 is 51.1 Å². The van der Waals surface area contributed by atoms with Crippen LogP contribution in [0, 0.1) is 6.92 Å². The summed E-state index contributed by atoms with van der Waals surface area (Å²) in [7, 11) is -3.18. The Morgan fingerprint density at radius 2 is 1.96 bits per heavy atom. The Balaban J connectivity index is 0.00000312. The van der Waals surface area contributed by atoms with Crippen molar-refractivity contribution in [2.45, 2.75) is 31.8 Å². The van der Waals surface area contributed by atoms with Gasteiger partial charge in [0, 0.05) is 19.3 Å². The molecule has 0 atom stereocenters. The Morgan fingerprint density at radius 1 is 1.20 bits per heavy atom. The molecule has 2 N–H and O–H groups in total. The Morgan fingerprint density at radius 3 is 2.52 bits per heavy atom. The third-order valence-electron chi connectivity index (χ3n) is 3.44. The van der Waals surface area contributed by atoms with Crippen molar-refractivity contribution in [3.8, 4) is 0 Å². The highest BCUT2D eigenvalue weighted by Crippen LogP contribution is 2.16. The van der Waals surface area contributed by atoms with E-state index in [0.717, 1.165) is 23.6 Å². The zero-order valence-corrected chi connectivity index (χ0v) is 18.5. The number of sulfone groups is 1. The second-order valence-corrected chi connectivity index (χ2v) is 8.32. The molecular formula is C17H24IN3O2S2. The van der Waals surface area contributed by atoms with Gasteiger partial charge in [0.2, 0.25) is 0 Å². The van der Waals surface area contributed by atoms with E-state index in [4.69, 9.17) is 0 Å². The van der Waals surface area contributed by atoms with Crippen molar-refractivity contribution in [1.29, 1.82) is 0 Å². The zero-order valence-electron chi connectivity index (χ0n) is 14.6. The average molecular weight is 493 g/mol. The molecule has 0 unspecified atom stereocenters. The van der Waals surface area contributed by atoms with Gasteiger partial charge in [-0.2, -0.15) is 11.3 Å².